The molecule has 0 saturated carbocycles. The minimum absolute atomic E-state index is 0.0733. The minimum atomic E-state index is -5.66. The zero-order valence-corrected chi connectivity index (χ0v) is 8.28. The molecule has 0 aromatic rings. The van der Waals surface area contributed by atoms with Crippen molar-refractivity contribution in [2.75, 3.05) is 13.7 Å². The molecule has 3 nitrogen and oxygen atoms in total. The Kier molecular flexibility index (Phi) is 3.41. The monoisotopic (exact) mass is 247 g/mol. The van der Waals surface area contributed by atoms with Crippen molar-refractivity contribution in [2.45, 2.75) is 24.6 Å². The molecular weight excluding hydrogens is 237 g/mol. The van der Waals surface area contributed by atoms with Crippen LogP contribution in [0.2, 0.25) is 0 Å². The van der Waals surface area contributed by atoms with Crippen LogP contribution in [-0.4, -0.2) is 37.8 Å². The minimum Gasteiger partial charge on any atom is -0.468 e. The lowest BCUT2D eigenvalue weighted by molar-refractivity contribution is -0.303. The lowest BCUT2D eigenvalue weighted by atomic mass is 9.93. The van der Waals surface area contributed by atoms with Gasteiger partial charge in [0.05, 0.1) is 13.0 Å². The molecule has 0 radical (unpaired) electrons. The Hall–Kier alpha value is -0.920. The number of methoxy groups -OCH3 is 1. The van der Waals surface area contributed by atoms with Crippen molar-refractivity contribution in [3.63, 3.8) is 0 Å². The van der Waals surface area contributed by atoms with Crippen LogP contribution in [0, 0.1) is 5.92 Å². The van der Waals surface area contributed by atoms with E-state index in [4.69, 9.17) is 0 Å². The summed E-state index contributed by atoms with van der Waals surface area (Å²) >= 11 is 0. The largest absolute Gasteiger partial charge is 0.468 e. The van der Waals surface area contributed by atoms with E-state index in [1.54, 1.807) is 0 Å². The molecule has 1 aliphatic heterocycles. The van der Waals surface area contributed by atoms with Gasteiger partial charge in [-0.2, -0.15) is 22.0 Å². The third kappa shape index (κ3) is 2.11. The SMILES string of the molecule is COC(=O)[C@@H]1NCC[C@H]1C(F)(F)C(F)(F)F. The van der Waals surface area contributed by atoms with Crippen LogP contribution >= 0.6 is 0 Å². The van der Waals surface area contributed by atoms with Gasteiger partial charge in [0.2, 0.25) is 0 Å². The standard InChI is InChI=1S/C8H10F5NO2/c1-16-6(15)5-4(2-3-14-5)7(9,10)8(11,12)13/h4-5,14H,2-3H2,1H3/t4-,5-/m1/s1. The highest BCUT2D eigenvalue weighted by atomic mass is 19.4. The van der Waals surface area contributed by atoms with E-state index >= 15 is 0 Å². The third-order valence-corrected chi connectivity index (χ3v) is 2.52. The normalized spacial score (nSPS) is 26.9. The topological polar surface area (TPSA) is 38.3 Å². The maximum Gasteiger partial charge on any atom is 0.453 e. The van der Waals surface area contributed by atoms with Crippen molar-refractivity contribution in [1.29, 1.82) is 0 Å². The highest BCUT2D eigenvalue weighted by Gasteiger charge is 2.65. The molecule has 0 aromatic carbocycles. The number of rotatable bonds is 2. The molecule has 1 N–H and O–H groups in total. The number of esters is 1. The van der Waals surface area contributed by atoms with E-state index in [-0.39, 0.29) is 6.54 Å². The van der Waals surface area contributed by atoms with Crippen molar-refractivity contribution in [3.8, 4) is 0 Å². The van der Waals surface area contributed by atoms with Crippen molar-refractivity contribution in [3.05, 3.63) is 0 Å². The Morgan fingerprint density at radius 1 is 1.31 bits per heavy atom. The second kappa shape index (κ2) is 4.15. The average Bonchev–Trinajstić information content (AvgIpc) is 2.63. The molecule has 2 atom stereocenters. The van der Waals surface area contributed by atoms with Crippen LogP contribution in [0.5, 0.6) is 0 Å². The van der Waals surface area contributed by atoms with E-state index in [0.717, 1.165) is 7.11 Å². The molecule has 94 valence electrons. The molecule has 1 rings (SSSR count). The highest BCUT2D eigenvalue weighted by molar-refractivity contribution is 5.76. The van der Waals surface area contributed by atoms with Gasteiger partial charge in [0.15, 0.2) is 0 Å². The summed E-state index contributed by atoms with van der Waals surface area (Å²) < 4.78 is 66.5. The predicted octanol–water partition coefficient (Wildman–Crippen LogP) is 1.34. The first-order valence-corrected chi connectivity index (χ1v) is 4.47. The van der Waals surface area contributed by atoms with Gasteiger partial charge in [0.1, 0.15) is 6.04 Å². The molecule has 1 heterocycles. The zero-order chi connectivity index (χ0) is 12.6. The summed E-state index contributed by atoms with van der Waals surface area (Å²) in [6.45, 7) is -0.0733. The first-order chi connectivity index (χ1) is 7.21. The fraction of sp³-hybridized carbons (Fsp3) is 0.875. The molecule has 0 amide bonds. The number of ether oxygens (including phenoxy) is 1. The third-order valence-electron chi connectivity index (χ3n) is 2.52. The van der Waals surface area contributed by atoms with E-state index in [2.05, 4.69) is 10.1 Å². The number of halogens is 5. The molecule has 0 aromatic heterocycles. The molecule has 1 fully saturated rings. The maximum atomic E-state index is 13.0. The molecular formula is C8H10F5NO2. The molecule has 16 heavy (non-hydrogen) atoms. The van der Waals surface area contributed by atoms with Gasteiger partial charge in [-0.05, 0) is 13.0 Å². The molecule has 0 unspecified atom stereocenters. The van der Waals surface area contributed by atoms with Gasteiger partial charge in [0, 0.05) is 0 Å². The van der Waals surface area contributed by atoms with E-state index in [9.17, 15) is 26.7 Å². The number of hydrogen-bond acceptors (Lipinski definition) is 3. The lowest BCUT2D eigenvalue weighted by Crippen LogP contribution is -2.51. The molecule has 0 spiro atoms. The number of nitrogens with one attached hydrogen (secondary N) is 1. The van der Waals surface area contributed by atoms with E-state index in [1.165, 1.54) is 0 Å². The Labute approximate surface area is 87.9 Å². The van der Waals surface area contributed by atoms with Crippen molar-refractivity contribution in [1.82, 2.24) is 5.32 Å². The second-order valence-corrected chi connectivity index (χ2v) is 3.47. The summed E-state index contributed by atoms with van der Waals surface area (Å²) in [5, 5.41) is 2.28. The van der Waals surface area contributed by atoms with Crippen LogP contribution < -0.4 is 5.32 Å². The van der Waals surface area contributed by atoms with Crippen molar-refractivity contribution in [2.24, 2.45) is 5.92 Å². The summed E-state index contributed by atoms with van der Waals surface area (Å²) in [5.74, 6) is -8.11. The average molecular weight is 247 g/mol. The molecule has 0 bridgehead atoms. The van der Waals surface area contributed by atoms with Crippen LogP contribution in [0.4, 0.5) is 22.0 Å². The second-order valence-electron chi connectivity index (χ2n) is 3.47. The highest BCUT2D eigenvalue weighted by Crippen LogP contribution is 2.45. The van der Waals surface area contributed by atoms with Crippen LogP contribution in [-0.2, 0) is 9.53 Å². The fourth-order valence-electron chi connectivity index (χ4n) is 1.68. The van der Waals surface area contributed by atoms with Gasteiger partial charge in [-0.3, -0.25) is 4.79 Å². The van der Waals surface area contributed by atoms with Crippen LogP contribution in [0.1, 0.15) is 6.42 Å². The summed E-state index contributed by atoms with van der Waals surface area (Å²) in [6, 6.07) is -1.61. The van der Waals surface area contributed by atoms with Crippen LogP contribution in [0.15, 0.2) is 0 Å². The smallest absolute Gasteiger partial charge is 0.453 e. The number of carbonyl (C=O) groups is 1. The fourth-order valence-corrected chi connectivity index (χ4v) is 1.68. The van der Waals surface area contributed by atoms with E-state index in [0.29, 0.717) is 0 Å². The first kappa shape index (κ1) is 13.1. The van der Waals surface area contributed by atoms with Crippen LogP contribution in [0.3, 0.4) is 0 Å². The number of carbonyl (C=O) groups excluding carboxylic acids is 1. The van der Waals surface area contributed by atoms with Gasteiger partial charge in [-0.15, -0.1) is 0 Å². The number of alkyl halides is 5. The van der Waals surface area contributed by atoms with Crippen molar-refractivity contribution < 1.29 is 31.5 Å². The Balaban J connectivity index is 2.91. The quantitative estimate of drug-likeness (QED) is 0.591. The van der Waals surface area contributed by atoms with Gasteiger partial charge in [-0.25, -0.2) is 0 Å². The summed E-state index contributed by atoms with van der Waals surface area (Å²) in [6.07, 6.45) is -6.08. The molecule has 1 saturated heterocycles. The maximum absolute atomic E-state index is 13.0. The first-order valence-electron chi connectivity index (χ1n) is 4.47. The number of hydrogen-bond donors (Lipinski definition) is 1. The molecule has 1 aliphatic rings. The zero-order valence-electron chi connectivity index (χ0n) is 8.28. The van der Waals surface area contributed by atoms with E-state index in [1.807, 2.05) is 0 Å². The predicted molar refractivity (Wildman–Crippen MR) is 42.9 cm³/mol. The van der Waals surface area contributed by atoms with E-state index < -0.39 is 36.4 Å². The lowest BCUT2D eigenvalue weighted by Gasteiger charge is -2.28. The Morgan fingerprint density at radius 3 is 2.31 bits per heavy atom. The summed E-state index contributed by atoms with van der Waals surface area (Å²) in [4.78, 5) is 11.0. The van der Waals surface area contributed by atoms with Gasteiger partial charge >= 0.3 is 18.1 Å². The van der Waals surface area contributed by atoms with Crippen molar-refractivity contribution >= 4 is 5.97 Å². The van der Waals surface area contributed by atoms with Gasteiger partial charge in [-0.1, -0.05) is 0 Å². The summed E-state index contributed by atoms with van der Waals surface area (Å²) in [5.41, 5.74) is 0. The molecule has 0 aliphatic carbocycles. The van der Waals surface area contributed by atoms with Crippen LogP contribution in [0.25, 0.3) is 0 Å². The Bertz CT molecular complexity index is 278. The molecule has 8 heteroatoms. The van der Waals surface area contributed by atoms with Gasteiger partial charge < -0.3 is 10.1 Å². The van der Waals surface area contributed by atoms with Gasteiger partial charge in [0.25, 0.3) is 0 Å². The summed E-state index contributed by atoms with van der Waals surface area (Å²) in [7, 11) is 0.936. The Morgan fingerprint density at radius 2 is 1.88 bits per heavy atom.